The van der Waals surface area contributed by atoms with Crippen LogP contribution in [0.25, 0.3) is 0 Å². The first-order chi connectivity index (χ1) is 9.36. The predicted octanol–water partition coefficient (Wildman–Crippen LogP) is 2.85. The Hall–Kier alpha value is -0.940. The summed E-state index contributed by atoms with van der Waals surface area (Å²) in [6.07, 6.45) is 2.83. The molecule has 2 N–H and O–H groups in total. The van der Waals surface area contributed by atoms with Gasteiger partial charge < -0.3 is 10.6 Å². The maximum atomic E-state index is 12.4. The number of amides is 1. The van der Waals surface area contributed by atoms with E-state index in [0.29, 0.717) is 12.5 Å². The number of thiazole rings is 1. The van der Waals surface area contributed by atoms with E-state index in [1.54, 1.807) is 4.90 Å². The normalized spacial score (nSPS) is 12.8. The monoisotopic (exact) mass is 297 g/mol. The molecular formula is C15H27N3OS. The summed E-state index contributed by atoms with van der Waals surface area (Å²) in [7, 11) is 1.84. The molecule has 4 nitrogen and oxygen atoms in total. The van der Waals surface area contributed by atoms with E-state index in [4.69, 9.17) is 5.73 Å². The number of nitrogens with two attached hydrogens (primary N) is 1. The molecule has 0 aliphatic carbocycles. The molecule has 1 rings (SSSR count). The van der Waals surface area contributed by atoms with Crippen LogP contribution in [0.4, 0.5) is 0 Å². The van der Waals surface area contributed by atoms with Crippen LogP contribution in [-0.4, -0.2) is 35.4 Å². The van der Waals surface area contributed by atoms with Crippen LogP contribution in [0.2, 0.25) is 0 Å². The van der Waals surface area contributed by atoms with Crippen LogP contribution in [-0.2, 0) is 6.42 Å². The molecule has 1 atom stereocenters. The van der Waals surface area contributed by atoms with Crippen LogP contribution >= 0.6 is 11.3 Å². The molecule has 0 fully saturated rings. The Balaban J connectivity index is 2.64. The van der Waals surface area contributed by atoms with Gasteiger partial charge in [-0.1, -0.05) is 20.8 Å². The van der Waals surface area contributed by atoms with Crippen molar-refractivity contribution in [3.8, 4) is 0 Å². The van der Waals surface area contributed by atoms with Crippen molar-refractivity contribution in [3.63, 3.8) is 0 Å². The largest absolute Gasteiger partial charge is 0.341 e. The van der Waals surface area contributed by atoms with Crippen molar-refractivity contribution in [3.05, 3.63) is 15.6 Å². The van der Waals surface area contributed by atoms with Gasteiger partial charge in [0.05, 0.1) is 10.7 Å². The van der Waals surface area contributed by atoms with Crippen LogP contribution in [0, 0.1) is 12.8 Å². The Morgan fingerprint density at radius 1 is 1.45 bits per heavy atom. The predicted molar refractivity (Wildman–Crippen MR) is 85.2 cm³/mol. The van der Waals surface area contributed by atoms with Crippen molar-refractivity contribution in [1.82, 2.24) is 9.88 Å². The number of nitrogens with zero attached hydrogens (tertiary/aromatic N) is 2. The minimum atomic E-state index is 0.0679. The molecule has 0 saturated heterocycles. The van der Waals surface area contributed by atoms with Gasteiger partial charge in [-0.05, 0) is 32.1 Å². The number of hydrogen-bond donors (Lipinski definition) is 1. The number of carbonyl (C=O) groups is 1. The first kappa shape index (κ1) is 17.1. The van der Waals surface area contributed by atoms with E-state index in [1.165, 1.54) is 11.3 Å². The van der Waals surface area contributed by atoms with E-state index in [2.05, 4.69) is 25.8 Å². The highest BCUT2D eigenvalue weighted by molar-refractivity contribution is 7.13. The molecule has 1 aromatic heterocycles. The summed E-state index contributed by atoms with van der Waals surface area (Å²) >= 11 is 1.53. The van der Waals surface area contributed by atoms with Crippen molar-refractivity contribution in [2.75, 3.05) is 13.6 Å². The van der Waals surface area contributed by atoms with Crippen molar-refractivity contribution < 1.29 is 4.79 Å². The first-order valence-corrected chi connectivity index (χ1v) is 8.15. The Kier molecular flexibility index (Phi) is 6.62. The van der Waals surface area contributed by atoms with Gasteiger partial charge in [0.15, 0.2) is 0 Å². The Labute approximate surface area is 126 Å². The molecule has 0 bridgehead atoms. The first-order valence-electron chi connectivity index (χ1n) is 7.34. The lowest BCUT2D eigenvalue weighted by Crippen LogP contribution is -2.34. The van der Waals surface area contributed by atoms with Gasteiger partial charge in [0.1, 0.15) is 4.88 Å². The quantitative estimate of drug-likeness (QED) is 0.842. The fraction of sp³-hybridized carbons (Fsp3) is 0.733. The lowest BCUT2D eigenvalue weighted by Gasteiger charge is -2.21. The molecule has 1 unspecified atom stereocenters. The highest BCUT2D eigenvalue weighted by Crippen LogP contribution is 2.21. The molecule has 0 aliphatic heterocycles. The third kappa shape index (κ3) is 4.56. The Morgan fingerprint density at radius 2 is 2.10 bits per heavy atom. The SMILES string of the molecule is CCCc1nc(C)c(C(=O)N(C)CCC(N)C(C)C)s1. The van der Waals surface area contributed by atoms with Gasteiger partial charge in [0, 0.05) is 19.6 Å². The summed E-state index contributed by atoms with van der Waals surface area (Å²) in [5.41, 5.74) is 6.88. The molecule has 1 amide bonds. The lowest BCUT2D eigenvalue weighted by atomic mass is 10.0. The van der Waals surface area contributed by atoms with Crippen molar-refractivity contribution in [1.29, 1.82) is 0 Å². The third-order valence-electron chi connectivity index (χ3n) is 3.50. The van der Waals surface area contributed by atoms with Crippen molar-refractivity contribution in [2.24, 2.45) is 11.7 Å². The fourth-order valence-corrected chi connectivity index (χ4v) is 3.08. The maximum Gasteiger partial charge on any atom is 0.265 e. The highest BCUT2D eigenvalue weighted by Gasteiger charge is 2.19. The molecule has 0 aliphatic rings. The second kappa shape index (κ2) is 7.74. The van der Waals surface area contributed by atoms with Gasteiger partial charge in [-0.15, -0.1) is 11.3 Å². The summed E-state index contributed by atoms with van der Waals surface area (Å²) in [5, 5.41) is 1.06. The molecular weight excluding hydrogens is 270 g/mol. The summed E-state index contributed by atoms with van der Waals surface area (Å²) in [6.45, 7) is 8.95. The number of aromatic nitrogens is 1. The van der Waals surface area contributed by atoms with E-state index < -0.39 is 0 Å². The molecule has 0 radical (unpaired) electrons. The standard InChI is InChI=1S/C15H27N3OS/c1-6-7-13-17-11(4)14(20-13)15(19)18(5)9-8-12(16)10(2)3/h10,12H,6-9,16H2,1-5H3. The zero-order valence-electron chi connectivity index (χ0n) is 13.3. The van der Waals surface area contributed by atoms with Gasteiger partial charge in [-0.2, -0.15) is 0 Å². The molecule has 1 heterocycles. The van der Waals surface area contributed by atoms with Crippen LogP contribution in [0.1, 0.15) is 54.0 Å². The van der Waals surface area contributed by atoms with Crippen molar-refractivity contribution in [2.45, 2.75) is 53.0 Å². The van der Waals surface area contributed by atoms with E-state index in [-0.39, 0.29) is 11.9 Å². The second-order valence-electron chi connectivity index (χ2n) is 5.70. The molecule has 1 aromatic rings. The molecule has 0 aromatic carbocycles. The average Bonchev–Trinajstić information content (AvgIpc) is 2.75. The highest BCUT2D eigenvalue weighted by atomic mass is 32.1. The van der Waals surface area contributed by atoms with E-state index in [1.807, 2.05) is 14.0 Å². The molecule has 0 spiro atoms. The molecule has 20 heavy (non-hydrogen) atoms. The Bertz CT molecular complexity index is 442. The third-order valence-corrected chi connectivity index (χ3v) is 4.71. The summed E-state index contributed by atoms with van der Waals surface area (Å²) < 4.78 is 0. The van der Waals surface area contributed by atoms with Crippen LogP contribution in [0.3, 0.4) is 0 Å². The summed E-state index contributed by atoms with van der Waals surface area (Å²) in [4.78, 5) is 19.4. The van der Waals surface area contributed by atoms with Gasteiger partial charge >= 0.3 is 0 Å². The molecule has 114 valence electrons. The molecule has 5 heteroatoms. The van der Waals surface area contributed by atoms with Crippen molar-refractivity contribution >= 4 is 17.2 Å². The van der Waals surface area contributed by atoms with Gasteiger partial charge in [-0.3, -0.25) is 4.79 Å². The number of carbonyl (C=O) groups excluding carboxylic acids is 1. The number of hydrogen-bond acceptors (Lipinski definition) is 4. The van der Waals surface area contributed by atoms with Gasteiger partial charge in [0.25, 0.3) is 5.91 Å². The summed E-state index contributed by atoms with van der Waals surface area (Å²) in [6, 6.07) is 0.142. The number of rotatable bonds is 7. The minimum absolute atomic E-state index is 0.0679. The lowest BCUT2D eigenvalue weighted by molar-refractivity contribution is 0.0793. The smallest absolute Gasteiger partial charge is 0.265 e. The zero-order valence-corrected chi connectivity index (χ0v) is 14.1. The van der Waals surface area contributed by atoms with Crippen LogP contribution in [0.5, 0.6) is 0 Å². The average molecular weight is 297 g/mol. The Morgan fingerprint density at radius 3 is 2.65 bits per heavy atom. The molecule has 0 saturated carbocycles. The fourth-order valence-electron chi connectivity index (χ4n) is 1.92. The van der Waals surface area contributed by atoms with E-state index in [0.717, 1.165) is 34.8 Å². The van der Waals surface area contributed by atoms with E-state index >= 15 is 0 Å². The van der Waals surface area contributed by atoms with Gasteiger partial charge in [0.2, 0.25) is 0 Å². The zero-order chi connectivity index (χ0) is 15.3. The van der Waals surface area contributed by atoms with Crippen LogP contribution < -0.4 is 5.73 Å². The topological polar surface area (TPSA) is 59.2 Å². The maximum absolute atomic E-state index is 12.4. The number of aryl methyl sites for hydroxylation is 2. The van der Waals surface area contributed by atoms with E-state index in [9.17, 15) is 4.79 Å². The summed E-state index contributed by atoms with van der Waals surface area (Å²) in [5.74, 6) is 0.512. The minimum Gasteiger partial charge on any atom is -0.341 e. The van der Waals surface area contributed by atoms with Gasteiger partial charge in [-0.25, -0.2) is 4.98 Å². The second-order valence-corrected chi connectivity index (χ2v) is 6.78. The van der Waals surface area contributed by atoms with Crippen LogP contribution in [0.15, 0.2) is 0 Å².